The molecule has 0 radical (unpaired) electrons. The van der Waals surface area contributed by atoms with Gasteiger partial charge in [-0.1, -0.05) is 6.92 Å². The van der Waals surface area contributed by atoms with Gasteiger partial charge in [-0.25, -0.2) is 0 Å². The van der Waals surface area contributed by atoms with Crippen LogP contribution in [0.2, 0.25) is 0 Å². The third-order valence-corrected chi connectivity index (χ3v) is 3.19. The molecular weight excluding hydrogens is 178 g/mol. The topological polar surface area (TPSA) is 59.4 Å². The van der Waals surface area contributed by atoms with Crippen molar-refractivity contribution in [3.63, 3.8) is 0 Å². The van der Waals surface area contributed by atoms with E-state index in [1.807, 2.05) is 19.9 Å². The largest absolute Gasteiger partial charge is 0.463 e. The van der Waals surface area contributed by atoms with Gasteiger partial charge < -0.3 is 15.3 Å². The van der Waals surface area contributed by atoms with Gasteiger partial charge in [0.2, 0.25) is 0 Å². The van der Waals surface area contributed by atoms with Crippen LogP contribution in [0, 0.1) is 12.8 Å². The first kappa shape index (κ1) is 9.74. The molecule has 14 heavy (non-hydrogen) atoms. The predicted octanol–water partition coefficient (Wildman–Crippen LogP) is 1.32. The predicted molar refractivity (Wildman–Crippen MR) is 53.9 cm³/mol. The van der Waals surface area contributed by atoms with Gasteiger partial charge in [0.15, 0.2) is 0 Å². The normalized spacial score (nSPS) is 30.7. The van der Waals surface area contributed by atoms with Crippen LogP contribution in [0.5, 0.6) is 0 Å². The summed E-state index contributed by atoms with van der Waals surface area (Å²) in [5.41, 5.74) is 5.83. The minimum atomic E-state index is -0.835. The standard InChI is InChI=1S/C11H17NO2/c1-7-5-9-6-8(2)14-10(9)11(7,13)3-4-12/h6-7,13H,3-5,12H2,1-2H3. The number of hydrogen-bond donors (Lipinski definition) is 2. The van der Waals surface area contributed by atoms with Gasteiger partial charge in [-0.3, -0.25) is 0 Å². The van der Waals surface area contributed by atoms with Crippen LogP contribution < -0.4 is 5.73 Å². The molecule has 0 amide bonds. The van der Waals surface area contributed by atoms with Gasteiger partial charge >= 0.3 is 0 Å². The summed E-state index contributed by atoms with van der Waals surface area (Å²) >= 11 is 0. The molecule has 2 unspecified atom stereocenters. The molecule has 0 spiro atoms. The second-order valence-corrected chi connectivity index (χ2v) is 4.28. The summed E-state index contributed by atoms with van der Waals surface area (Å²) in [7, 11) is 0. The Bertz CT molecular complexity index is 345. The fraction of sp³-hybridized carbons (Fsp3) is 0.636. The van der Waals surface area contributed by atoms with E-state index in [9.17, 15) is 5.11 Å². The van der Waals surface area contributed by atoms with Crippen molar-refractivity contribution >= 4 is 0 Å². The molecule has 0 aliphatic heterocycles. The number of furan rings is 1. The number of nitrogens with two attached hydrogens (primary N) is 1. The molecule has 0 saturated heterocycles. The van der Waals surface area contributed by atoms with E-state index in [2.05, 4.69) is 0 Å². The van der Waals surface area contributed by atoms with Gasteiger partial charge in [0.1, 0.15) is 17.1 Å². The van der Waals surface area contributed by atoms with Crippen molar-refractivity contribution < 1.29 is 9.52 Å². The Morgan fingerprint density at radius 2 is 2.43 bits per heavy atom. The van der Waals surface area contributed by atoms with Gasteiger partial charge in [0.25, 0.3) is 0 Å². The van der Waals surface area contributed by atoms with E-state index in [1.165, 1.54) is 0 Å². The summed E-state index contributed by atoms with van der Waals surface area (Å²) in [6.07, 6.45) is 1.47. The summed E-state index contributed by atoms with van der Waals surface area (Å²) in [5, 5.41) is 10.5. The van der Waals surface area contributed by atoms with Crippen LogP contribution in [0.3, 0.4) is 0 Å². The number of hydrogen-bond acceptors (Lipinski definition) is 3. The summed E-state index contributed by atoms with van der Waals surface area (Å²) in [5.74, 6) is 1.82. The molecule has 3 N–H and O–H groups in total. The van der Waals surface area contributed by atoms with Gasteiger partial charge in [0.05, 0.1) is 0 Å². The second kappa shape index (κ2) is 3.11. The third-order valence-electron chi connectivity index (χ3n) is 3.19. The zero-order chi connectivity index (χ0) is 10.3. The molecule has 0 fully saturated rings. The monoisotopic (exact) mass is 195 g/mol. The minimum absolute atomic E-state index is 0.209. The molecule has 1 aromatic heterocycles. The van der Waals surface area contributed by atoms with E-state index in [4.69, 9.17) is 10.2 Å². The Hall–Kier alpha value is -0.800. The second-order valence-electron chi connectivity index (χ2n) is 4.28. The molecule has 0 bridgehead atoms. The highest BCUT2D eigenvalue weighted by Crippen LogP contribution is 2.44. The van der Waals surface area contributed by atoms with Gasteiger partial charge in [-0.15, -0.1) is 0 Å². The summed E-state index contributed by atoms with van der Waals surface area (Å²) in [6, 6.07) is 2.01. The first-order chi connectivity index (χ1) is 6.58. The quantitative estimate of drug-likeness (QED) is 0.748. The first-order valence-electron chi connectivity index (χ1n) is 5.10. The Morgan fingerprint density at radius 1 is 1.71 bits per heavy atom. The van der Waals surface area contributed by atoms with E-state index in [0.717, 1.165) is 23.5 Å². The number of aryl methyl sites for hydroxylation is 1. The van der Waals surface area contributed by atoms with Gasteiger partial charge in [0, 0.05) is 0 Å². The van der Waals surface area contributed by atoms with Crippen molar-refractivity contribution in [2.24, 2.45) is 11.7 Å². The lowest BCUT2D eigenvalue weighted by molar-refractivity contribution is -0.0284. The fourth-order valence-electron chi connectivity index (χ4n) is 2.39. The average Bonchev–Trinajstić information content (AvgIpc) is 2.55. The molecule has 1 aromatic rings. The van der Waals surface area contributed by atoms with Crippen LogP contribution in [0.1, 0.15) is 30.4 Å². The molecule has 1 aliphatic carbocycles. The third kappa shape index (κ3) is 1.20. The van der Waals surface area contributed by atoms with E-state index in [0.29, 0.717) is 13.0 Å². The van der Waals surface area contributed by atoms with Crippen molar-refractivity contribution in [3.8, 4) is 0 Å². The van der Waals surface area contributed by atoms with E-state index >= 15 is 0 Å². The molecule has 3 heteroatoms. The fourth-order valence-corrected chi connectivity index (χ4v) is 2.39. The summed E-state index contributed by atoms with van der Waals surface area (Å²) < 4.78 is 5.56. The average molecular weight is 195 g/mol. The molecule has 78 valence electrons. The maximum atomic E-state index is 10.5. The first-order valence-corrected chi connectivity index (χ1v) is 5.10. The minimum Gasteiger partial charge on any atom is -0.463 e. The van der Waals surface area contributed by atoms with Crippen LogP contribution in [-0.4, -0.2) is 11.7 Å². The zero-order valence-electron chi connectivity index (χ0n) is 8.71. The van der Waals surface area contributed by atoms with Crippen LogP contribution in [-0.2, 0) is 12.0 Å². The molecule has 2 atom stereocenters. The van der Waals surface area contributed by atoms with Gasteiger partial charge in [-0.05, 0) is 43.9 Å². The van der Waals surface area contributed by atoms with Crippen LogP contribution in [0.25, 0.3) is 0 Å². The van der Waals surface area contributed by atoms with E-state index < -0.39 is 5.60 Å². The van der Waals surface area contributed by atoms with Crippen LogP contribution in [0.15, 0.2) is 10.5 Å². The van der Waals surface area contributed by atoms with E-state index in [-0.39, 0.29) is 5.92 Å². The van der Waals surface area contributed by atoms with E-state index in [1.54, 1.807) is 0 Å². The van der Waals surface area contributed by atoms with Crippen molar-refractivity contribution in [2.45, 2.75) is 32.3 Å². The molecule has 0 saturated carbocycles. The lowest BCUT2D eigenvalue weighted by Gasteiger charge is -2.26. The van der Waals surface area contributed by atoms with Crippen molar-refractivity contribution in [3.05, 3.63) is 23.2 Å². The Labute approximate surface area is 83.9 Å². The molecule has 3 nitrogen and oxygen atoms in total. The summed E-state index contributed by atoms with van der Waals surface area (Å²) in [4.78, 5) is 0. The maximum Gasteiger partial charge on any atom is 0.139 e. The summed E-state index contributed by atoms with van der Waals surface area (Å²) in [6.45, 7) is 4.44. The smallest absolute Gasteiger partial charge is 0.139 e. The molecular formula is C11H17NO2. The molecule has 1 heterocycles. The lowest BCUT2D eigenvalue weighted by atomic mass is 9.88. The van der Waals surface area contributed by atoms with Crippen molar-refractivity contribution in [1.82, 2.24) is 0 Å². The molecule has 0 aromatic carbocycles. The molecule has 2 rings (SSSR count). The van der Waals surface area contributed by atoms with Gasteiger partial charge in [-0.2, -0.15) is 0 Å². The zero-order valence-corrected chi connectivity index (χ0v) is 8.71. The Balaban J connectivity index is 2.41. The van der Waals surface area contributed by atoms with Crippen LogP contribution in [0.4, 0.5) is 0 Å². The number of rotatable bonds is 2. The molecule has 1 aliphatic rings. The lowest BCUT2D eigenvalue weighted by Crippen LogP contribution is -2.32. The van der Waals surface area contributed by atoms with Crippen molar-refractivity contribution in [1.29, 1.82) is 0 Å². The highest BCUT2D eigenvalue weighted by Gasteiger charge is 2.45. The van der Waals surface area contributed by atoms with Crippen LogP contribution >= 0.6 is 0 Å². The highest BCUT2D eigenvalue weighted by atomic mass is 16.4. The Kier molecular flexibility index (Phi) is 2.16. The Morgan fingerprint density at radius 3 is 3.07 bits per heavy atom. The number of aliphatic hydroxyl groups is 1. The van der Waals surface area contributed by atoms with Crippen molar-refractivity contribution in [2.75, 3.05) is 6.54 Å². The maximum absolute atomic E-state index is 10.5. The SMILES string of the molecule is Cc1cc2c(o1)C(O)(CCN)C(C)C2. The number of fused-ring (bicyclic) bond motifs is 1. The highest BCUT2D eigenvalue weighted by molar-refractivity contribution is 5.33.